The Morgan fingerprint density at radius 2 is 1.95 bits per heavy atom. The van der Waals surface area contributed by atoms with E-state index in [0.29, 0.717) is 0 Å². The summed E-state index contributed by atoms with van der Waals surface area (Å²) in [6.45, 7) is 2.84. The second-order valence-electron chi connectivity index (χ2n) is 5.46. The molecule has 108 valence electrons. The first-order valence-electron chi connectivity index (χ1n) is 7.32. The van der Waals surface area contributed by atoms with Crippen molar-refractivity contribution in [3.05, 3.63) is 66.0 Å². The van der Waals surface area contributed by atoms with Gasteiger partial charge in [-0.2, -0.15) is 0 Å². The molecule has 0 saturated heterocycles. The Bertz CT molecular complexity index is 956. The van der Waals surface area contributed by atoms with E-state index >= 15 is 0 Å². The van der Waals surface area contributed by atoms with E-state index in [4.69, 9.17) is 0 Å². The minimum absolute atomic E-state index is 0.739. The molecule has 2 heterocycles. The minimum Gasteiger partial charge on any atom is -0.364 e. The van der Waals surface area contributed by atoms with Gasteiger partial charge in [0, 0.05) is 17.4 Å². The average molecular weight is 288 g/mol. The second kappa shape index (κ2) is 5.15. The van der Waals surface area contributed by atoms with Gasteiger partial charge in [0.1, 0.15) is 17.4 Å². The van der Waals surface area contributed by atoms with Crippen LogP contribution in [0.2, 0.25) is 0 Å². The second-order valence-corrected chi connectivity index (χ2v) is 5.46. The summed E-state index contributed by atoms with van der Waals surface area (Å²) in [6.07, 6.45) is 1.61. The summed E-state index contributed by atoms with van der Waals surface area (Å²) in [6, 6.07) is 16.6. The van der Waals surface area contributed by atoms with Crippen molar-refractivity contribution in [3.63, 3.8) is 0 Å². The van der Waals surface area contributed by atoms with Gasteiger partial charge in [0.05, 0.1) is 0 Å². The summed E-state index contributed by atoms with van der Waals surface area (Å²) in [5.41, 5.74) is 5.49. The van der Waals surface area contributed by atoms with Crippen LogP contribution in [0.3, 0.4) is 0 Å². The summed E-state index contributed by atoms with van der Waals surface area (Å²) >= 11 is 0. The van der Waals surface area contributed by atoms with Crippen molar-refractivity contribution >= 4 is 27.8 Å². The van der Waals surface area contributed by atoms with Gasteiger partial charge in [-0.3, -0.25) is 0 Å². The molecule has 0 unspecified atom stereocenters. The van der Waals surface area contributed by atoms with Crippen molar-refractivity contribution in [3.8, 4) is 0 Å². The van der Waals surface area contributed by atoms with Crippen molar-refractivity contribution in [2.45, 2.75) is 13.5 Å². The first kappa shape index (κ1) is 12.8. The summed E-state index contributed by atoms with van der Waals surface area (Å²) < 4.78 is 0. The summed E-state index contributed by atoms with van der Waals surface area (Å²) in [4.78, 5) is 12.2. The lowest BCUT2D eigenvalue weighted by molar-refractivity contribution is 1.10. The van der Waals surface area contributed by atoms with Crippen LogP contribution in [-0.4, -0.2) is 15.0 Å². The molecule has 0 aliphatic carbocycles. The number of aromatic nitrogens is 3. The lowest BCUT2D eigenvalue weighted by Crippen LogP contribution is -2.02. The summed E-state index contributed by atoms with van der Waals surface area (Å²) in [7, 11) is 0. The predicted molar refractivity (Wildman–Crippen MR) is 89.9 cm³/mol. The SMILES string of the molecule is Cc1cccc(CNc2ncnc3c2[nH]c2ccccc23)c1. The number of aromatic amines is 1. The van der Waals surface area contributed by atoms with Crippen LogP contribution < -0.4 is 5.32 Å². The monoisotopic (exact) mass is 288 g/mol. The maximum absolute atomic E-state index is 4.42. The fourth-order valence-corrected chi connectivity index (χ4v) is 2.78. The molecule has 4 heteroatoms. The van der Waals surface area contributed by atoms with Gasteiger partial charge in [0.15, 0.2) is 5.82 Å². The Morgan fingerprint density at radius 1 is 1.05 bits per heavy atom. The van der Waals surface area contributed by atoms with Crippen molar-refractivity contribution in [1.82, 2.24) is 15.0 Å². The van der Waals surface area contributed by atoms with Gasteiger partial charge in [-0.15, -0.1) is 0 Å². The molecular formula is C18H16N4. The van der Waals surface area contributed by atoms with Gasteiger partial charge >= 0.3 is 0 Å². The third kappa shape index (κ3) is 2.19. The van der Waals surface area contributed by atoms with Crippen LogP contribution in [0.15, 0.2) is 54.9 Å². The van der Waals surface area contributed by atoms with Crippen molar-refractivity contribution in [2.75, 3.05) is 5.32 Å². The van der Waals surface area contributed by atoms with E-state index in [-0.39, 0.29) is 0 Å². The quantitative estimate of drug-likeness (QED) is 0.598. The molecule has 0 saturated carbocycles. The molecule has 0 fully saturated rings. The number of benzene rings is 2. The largest absolute Gasteiger partial charge is 0.364 e. The van der Waals surface area contributed by atoms with Crippen molar-refractivity contribution < 1.29 is 0 Å². The third-order valence-corrected chi connectivity index (χ3v) is 3.83. The maximum Gasteiger partial charge on any atom is 0.154 e. The smallest absolute Gasteiger partial charge is 0.154 e. The molecular weight excluding hydrogens is 272 g/mol. The highest BCUT2D eigenvalue weighted by molar-refractivity contribution is 6.07. The zero-order valence-corrected chi connectivity index (χ0v) is 12.3. The molecule has 0 aliphatic heterocycles. The number of H-pyrrole nitrogens is 1. The number of hydrogen-bond donors (Lipinski definition) is 2. The lowest BCUT2D eigenvalue weighted by atomic mass is 10.1. The Balaban J connectivity index is 1.72. The summed E-state index contributed by atoms with van der Waals surface area (Å²) in [5, 5.41) is 4.53. The molecule has 0 amide bonds. The van der Waals surface area contributed by atoms with Crippen molar-refractivity contribution in [2.24, 2.45) is 0 Å². The van der Waals surface area contributed by atoms with E-state index in [0.717, 1.165) is 34.3 Å². The molecule has 2 aromatic heterocycles. The van der Waals surface area contributed by atoms with Gasteiger partial charge in [-0.05, 0) is 18.6 Å². The van der Waals surface area contributed by atoms with E-state index in [2.05, 4.69) is 63.6 Å². The molecule has 0 spiro atoms. The summed E-state index contributed by atoms with van der Waals surface area (Å²) in [5.74, 6) is 0.836. The lowest BCUT2D eigenvalue weighted by Gasteiger charge is -2.07. The molecule has 4 rings (SSSR count). The van der Waals surface area contributed by atoms with Crippen LogP contribution in [0.25, 0.3) is 21.9 Å². The van der Waals surface area contributed by atoms with E-state index < -0.39 is 0 Å². The fraction of sp³-hybridized carbons (Fsp3) is 0.111. The highest BCUT2D eigenvalue weighted by Crippen LogP contribution is 2.27. The number of para-hydroxylation sites is 1. The molecule has 0 atom stereocenters. The standard InChI is InChI=1S/C18H16N4/c1-12-5-4-6-13(9-12)10-19-18-17-16(20-11-21-18)14-7-2-3-8-15(14)22-17/h2-9,11,22H,10H2,1H3,(H,19,20,21). The van der Waals surface area contributed by atoms with Gasteiger partial charge in [0.2, 0.25) is 0 Å². The number of nitrogens with one attached hydrogen (secondary N) is 2. The van der Waals surface area contributed by atoms with Crippen molar-refractivity contribution in [1.29, 1.82) is 0 Å². The van der Waals surface area contributed by atoms with Crippen LogP contribution in [0, 0.1) is 6.92 Å². The van der Waals surface area contributed by atoms with Gasteiger partial charge in [0.25, 0.3) is 0 Å². The van der Waals surface area contributed by atoms with Crippen LogP contribution in [0.4, 0.5) is 5.82 Å². The van der Waals surface area contributed by atoms with Gasteiger partial charge in [-0.25, -0.2) is 9.97 Å². The van der Waals surface area contributed by atoms with Crippen LogP contribution in [0.1, 0.15) is 11.1 Å². The van der Waals surface area contributed by atoms with E-state index in [1.807, 2.05) is 12.1 Å². The molecule has 4 nitrogen and oxygen atoms in total. The first-order chi connectivity index (χ1) is 10.8. The minimum atomic E-state index is 0.739. The van der Waals surface area contributed by atoms with E-state index in [1.165, 1.54) is 11.1 Å². The molecule has 22 heavy (non-hydrogen) atoms. The molecule has 0 aliphatic rings. The number of nitrogens with zero attached hydrogens (tertiary/aromatic N) is 2. The average Bonchev–Trinajstić information content (AvgIpc) is 2.92. The van der Waals surface area contributed by atoms with Gasteiger partial charge in [-0.1, -0.05) is 48.0 Å². The molecule has 0 radical (unpaired) electrons. The van der Waals surface area contributed by atoms with Crippen LogP contribution >= 0.6 is 0 Å². The van der Waals surface area contributed by atoms with Crippen LogP contribution in [-0.2, 0) is 6.54 Å². The number of aryl methyl sites for hydroxylation is 1. The molecule has 0 bridgehead atoms. The Kier molecular flexibility index (Phi) is 3.00. The Hall–Kier alpha value is -2.88. The van der Waals surface area contributed by atoms with E-state index in [1.54, 1.807) is 6.33 Å². The van der Waals surface area contributed by atoms with E-state index in [9.17, 15) is 0 Å². The Morgan fingerprint density at radius 3 is 2.86 bits per heavy atom. The zero-order valence-electron chi connectivity index (χ0n) is 12.3. The molecule has 4 aromatic rings. The molecule has 2 aromatic carbocycles. The number of fused-ring (bicyclic) bond motifs is 3. The number of rotatable bonds is 3. The third-order valence-electron chi connectivity index (χ3n) is 3.83. The molecule has 2 N–H and O–H groups in total. The Labute approximate surface area is 128 Å². The maximum atomic E-state index is 4.42. The first-order valence-corrected chi connectivity index (χ1v) is 7.32. The van der Waals surface area contributed by atoms with Gasteiger partial charge < -0.3 is 10.3 Å². The highest BCUT2D eigenvalue weighted by atomic mass is 15.0. The van der Waals surface area contributed by atoms with Crippen LogP contribution in [0.5, 0.6) is 0 Å². The normalized spacial score (nSPS) is 11.1. The topological polar surface area (TPSA) is 53.6 Å². The zero-order chi connectivity index (χ0) is 14.9. The fourth-order valence-electron chi connectivity index (χ4n) is 2.78. The number of hydrogen-bond acceptors (Lipinski definition) is 3. The highest BCUT2D eigenvalue weighted by Gasteiger charge is 2.09. The predicted octanol–water partition coefficient (Wildman–Crippen LogP) is 4.03. The number of anilines is 1.